The van der Waals surface area contributed by atoms with Gasteiger partial charge in [0.2, 0.25) is 17.7 Å². The number of nitrogens with zero attached hydrogens (tertiary/aromatic N) is 1. The minimum Gasteiger partial charge on any atom is -0.508 e. The van der Waals surface area contributed by atoms with Crippen molar-refractivity contribution >= 4 is 23.7 Å². The number of allylic oxidation sites excluding steroid dienone is 2. The van der Waals surface area contributed by atoms with Gasteiger partial charge in [0.1, 0.15) is 11.8 Å². The van der Waals surface area contributed by atoms with E-state index >= 15 is 0 Å². The Hall–Kier alpha value is -3.16. The highest BCUT2D eigenvalue weighted by Crippen LogP contribution is 2.34. The number of carbonyl (C=O) groups is 4. The van der Waals surface area contributed by atoms with E-state index in [1.165, 1.54) is 19.2 Å². The van der Waals surface area contributed by atoms with Crippen LogP contribution in [0.15, 0.2) is 36.4 Å². The SMILES string of the molecule is COC(=O)[C@H](Cc1ccc(O)cc1)NC(=O)CCN1C(=O)[C@H]2CC=CC[C@H]2C1=O. The molecule has 0 bridgehead atoms. The fourth-order valence-corrected chi connectivity index (χ4v) is 3.77. The summed E-state index contributed by atoms with van der Waals surface area (Å²) < 4.78 is 4.76. The molecule has 1 aromatic carbocycles. The maximum Gasteiger partial charge on any atom is 0.328 e. The van der Waals surface area contributed by atoms with Crippen LogP contribution in [-0.4, -0.2) is 53.4 Å². The molecule has 8 nitrogen and oxygen atoms in total. The second-order valence-corrected chi connectivity index (χ2v) is 7.25. The smallest absolute Gasteiger partial charge is 0.328 e. The molecule has 0 saturated carbocycles. The van der Waals surface area contributed by atoms with Gasteiger partial charge in [-0.3, -0.25) is 19.3 Å². The van der Waals surface area contributed by atoms with Crippen molar-refractivity contribution in [2.45, 2.75) is 31.7 Å². The Morgan fingerprint density at radius 1 is 1.14 bits per heavy atom. The van der Waals surface area contributed by atoms with Gasteiger partial charge >= 0.3 is 5.97 Å². The van der Waals surface area contributed by atoms with Crippen molar-refractivity contribution < 1.29 is 29.0 Å². The van der Waals surface area contributed by atoms with E-state index in [9.17, 15) is 24.3 Å². The number of methoxy groups -OCH3 is 1. The molecule has 8 heteroatoms. The number of hydrogen-bond donors (Lipinski definition) is 2. The lowest BCUT2D eigenvalue weighted by Crippen LogP contribution is -2.44. The number of hydrogen-bond acceptors (Lipinski definition) is 6. The first-order valence-electron chi connectivity index (χ1n) is 9.56. The summed E-state index contributed by atoms with van der Waals surface area (Å²) in [4.78, 5) is 50.5. The second-order valence-electron chi connectivity index (χ2n) is 7.25. The highest BCUT2D eigenvalue weighted by Gasteiger charge is 2.46. The summed E-state index contributed by atoms with van der Waals surface area (Å²) in [7, 11) is 1.23. The number of phenols is 1. The Bertz CT molecular complexity index is 806. The van der Waals surface area contributed by atoms with Crippen LogP contribution in [0, 0.1) is 11.8 Å². The molecule has 0 spiro atoms. The number of phenolic OH excluding ortho intramolecular Hbond substituents is 1. The lowest BCUT2D eigenvalue weighted by molar-refractivity contribution is -0.145. The Morgan fingerprint density at radius 2 is 1.72 bits per heavy atom. The number of nitrogens with one attached hydrogen (secondary N) is 1. The van der Waals surface area contributed by atoms with Gasteiger partial charge in [0.05, 0.1) is 18.9 Å². The Kier molecular flexibility index (Phi) is 6.31. The second kappa shape index (κ2) is 8.89. The average Bonchev–Trinajstić information content (AvgIpc) is 2.97. The number of rotatable bonds is 7. The van der Waals surface area contributed by atoms with Crippen molar-refractivity contribution in [3.63, 3.8) is 0 Å². The van der Waals surface area contributed by atoms with Crippen molar-refractivity contribution in [2.75, 3.05) is 13.7 Å². The van der Waals surface area contributed by atoms with Gasteiger partial charge in [-0.15, -0.1) is 0 Å². The largest absolute Gasteiger partial charge is 0.508 e. The van der Waals surface area contributed by atoms with Crippen LogP contribution in [0.25, 0.3) is 0 Å². The zero-order valence-corrected chi connectivity index (χ0v) is 16.2. The van der Waals surface area contributed by atoms with Crippen LogP contribution in [0.1, 0.15) is 24.8 Å². The van der Waals surface area contributed by atoms with Crippen LogP contribution in [0.4, 0.5) is 0 Å². The number of benzene rings is 1. The number of imide groups is 1. The maximum absolute atomic E-state index is 12.5. The number of ether oxygens (including phenoxy) is 1. The van der Waals surface area contributed by atoms with Crippen molar-refractivity contribution in [1.82, 2.24) is 10.2 Å². The lowest BCUT2D eigenvalue weighted by atomic mass is 9.85. The van der Waals surface area contributed by atoms with E-state index in [-0.39, 0.29) is 48.8 Å². The zero-order chi connectivity index (χ0) is 21.0. The lowest BCUT2D eigenvalue weighted by Gasteiger charge is -2.18. The van der Waals surface area contributed by atoms with Crippen LogP contribution in [0.5, 0.6) is 5.75 Å². The van der Waals surface area contributed by atoms with Crippen LogP contribution in [0.3, 0.4) is 0 Å². The van der Waals surface area contributed by atoms with Crippen LogP contribution >= 0.6 is 0 Å². The molecule has 3 amide bonds. The number of carbonyl (C=O) groups excluding carboxylic acids is 4. The van der Waals surface area contributed by atoms with Crippen LogP contribution in [-0.2, 0) is 30.3 Å². The third-order valence-electron chi connectivity index (χ3n) is 5.36. The molecule has 0 radical (unpaired) electrons. The molecule has 0 aromatic heterocycles. The van der Waals surface area contributed by atoms with E-state index in [1.807, 2.05) is 12.2 Å². The highest BCUT2D eigenvalue weighted by atomic mass is 16.5. The molecule has 154 valence electrons. The van der Waals surface area contributed by atoms with Gasteiger partial charge in [-0.25, -0.2) is 4.79 Å². The molecule has 29 heavy (non-hydrogen) atoms. The number of likely N-dealkylation sites (tertiary alicyclic amines) is 1. The minimum atomic E-state index is -0.909. The molecule has 1 aliphatic heterocycles. The van der Waals surface area contributed by atoms with Gasteiger partial charge in [0, 0.05) is 19.4 Å². The first kappa shape index (κ1) is 20.6. The minimum absolute atomic E-state index is 0.0103. The highest BCUT2D eigenvalue weighted by molar-refractivity contribution is 6.05. The maximum atomic E-state index is 12.5. The summed E-state index contributed by atoms with van der Waals surface area (Å²) >= 11 is 0. The van der Waals surface area contributed by atoms with Gasteiger partial charge in [0.25, 0.3) is 0 Å². The standard InChI is InChI=1S/C21H24N2O6/c1-29-21(28)17(12-13-6-8-14(24)9-7-13)22-18(25)10-11-23-19(26)15-4-2-3-5-16(15)20(23)27/h2-3,6-9,15-17,24H,4-5,10-12H2,1H3,(H,22,25)/t15-,16+,17-/m0/s1. The van der Waals surface area contributed by atoms with Gasteiger partial charge in [-0.05, 0) is 30.5 Å². The molecule has 1 saturated heterocycles. The fraction of sp³-hybridized carbons (Fsp3) is 0.429. The number of fused-ring (bicyclic) bond motifs is 1. The van der Waals surface area contributed by atoms with Crippen LogP contribution < -0.4 is 5.32 Å². The molecule has 0 unspecified atom stereocenters. The first-order chi connectivity index (χ1) is 13.9. The third-order valence-corrected chi connectivity index (χ3v) is 5.36. The zero-order valence-electron chi connectivity index (χ0n) is 16.2. The van der Waals surface area contributed by atoms with E-state index in [2.05, 4.69) is 5.32 Å². The molecular weight excluding hydrogens is 376 g/mol. The molecule has 1 aliphatic carbocycles. The van der Waals surface area contributed by atoms with E-state index in [1.54, 1.807) is 12.1 Å². The molecule has 1 heterocycles. The molecular formula is C21H24N2O6. The van der Waals surface area contributed by atoms with Gasteiger partial charge in [-0.1, -0.05) is 24.3 Å². The fourth-order valence-electron chi connectivity index (χ4n) is 3.77. The molecule has 2 aliphatic rings. The summed E-state index contributed by atoms with van der Waals surface area (Å²) in [5.74, 6) is -2.06. The summed E-state index contributed by atoms with van der Waals surface area (Å²) in [6.45, 7) is -0.0103. The van der Waals surface area contributed by atoms with Gasteiger partial charge in [-0.2, -0.15) is 0 Å². The predicted molar refractivity (Wildman–Crippen MR) is 102 cm³/mol. The Morgan fingerprint density at radius 3 is 2.28 bits per heavy atom. The van der Waals surface area contributed by atoms with Crippen molar-refractivity contribution in [1.29, 1.82) is 0 Å². The van der Waals surface area contributed by atoms with Gasteiger partial charge in [0.15, 0.2) is 0 Å². The Balaban J connectivity index is 1.57. The third kappa shape index (κ3) is 4.64. The van der Waals surface area contributed by atoms with E-state index in [4.69, 9.17) is 4.74 Å². The number of aromatic hydroxyl groups is 1. The first-order valence-corrected chi connectivity index (χ1v) is 9.56. The Labute approximate surface area is 168 Å². The molecule has 3 rings (SSSR count). The van der Waals surface area contributed by atoms with Crippen molar-refractivity contribution in [3.05, 3.63) is 42.0 Å². The molecule has 1 aromatic rings. The quantitative estimate of drug-likeness (QED) is 0.400. The summed E-state index contributed by atoms with van der Waals surface area (Å²) in [6, 6.07) is 5.37. The molecule has 2 N–H and O–H groups in total. The van der Waals surface area contributed by atoms with E-state index in [0.29, 0.717) is 12.8 Å². The average molecular weight is 400 g/mol. The van der Waals surface area contributed by atoms with E-state index < -0.39 is 17.9 Å². The van der Waals surface area contributed by atoms with E-state index in [0.717, 1.165) is 10.5 Å². The summed E-state index contributed by atoms with van der Waals surface area (Å²) in [6.07, 6.45) is 5.02. The monoisotopic (exact) mass is 400 g/mol. The summed E-state index contributed by atoms with van der Waals surface area (Å²) in [5.41, 5.74) is 0.736. The summed E-state index contributed by atoms with van der Waals surface area (Å²) in [5, 5.41) is 12.0. The topological polar surface area (TPSA) is 113 Å². The van der Waals surface area contributed by atoms with Crippen LogP contribution in [0.2, 0.25) is 0 Å². The van der Waals surface area contributed by atoms with Crippen molar-refractivity contribution in [3.8, 4) is 5.75 Å². The normalized spacial score (nSPS) is 21.6. The predicted octanol–water partition coefficient (Wildman–Crippen LogP) is 0.934. The number of amides is 3. The van der Waals surface area contributed by atoms with Gasteiger partial charge < -0.3 is 15.2 Å². The van der Waals surface area contributed by atoms with Crippen molar-refractivity contribution in [2.24, 2.45) is 11.8 Å². The molecule has 3 atom stereocenters. The molecule has 1 fully saturated rings. The number of esters is 1.